The zero-order valence-electron chi connectivity index (χ0n) is 25.0. The standard InChI is InChI=1S/C31H31N5O4.C2H6/c1-5-18-36(6-2)30(37)21-10-14-22(15-11-21)32-28-31(38)35(3)19-26(33-28)24-8-7-9-25-27(24)40-29(34-25)20-12-16-23(39-4)17-13-20;1-2/h7-17,19H,5-6,18H2,1-4H3,(H,32,33);1-2H3. The van der Waals surface area contributed by atoms with Crippen LogP contribution in [0, 0.1) is 0 Å². The topological polar surface area (TPSA) is 102 Å². The minimum absolute atomic E-state index is 0.0129. The number of nitrogens with one attached hydrogen (secondary N) is 1. The molecule has 0 aliphatic carbocycles. The number of rotatable bonds is 9. The summed E-state index contributed by atoms with van der Waals surface area (Å²) in [5, 5.41) is 3.12. The summed E-state index contributed by atoms with van der Waals surface area (Å²) in [6.07, 6.45) is 2.57. The summed E-state index contributed by atoms with van der Waals surface area (Å²) < 4.78 is 12.9. The van der Waals surface area contributed by atoms with Crippen LogP contribution in [0.1, 0.15) is 44.5 Å². The number of methoxy groups -OCH3 is 1. The van der Waals surface area contributed by atoms with Crippen LogP contribution in [0.4, 0.5) is 11.5 Å². The van der Waals surface area contributed by atoms with Gasteiger partial charge in [-0.3, -0.25) is 9.59 Å². The molecule has 9 heteroatoms. The first-order valence-electron chi connectivity index (χ1n) is 14.2. The van der Waals surface area contributed by atoms with Crippen LogP contribution in [-0.2, 0) is 7.05 Å². The average molecular weight is 568 g/mol. The second-order valence-electron chi connectivity index (χ2n) is 9.38. The van der Waals surface area contributed by atoms with E-state index in [4.69, 9.17) is 9.15 Å². The van der Waals surface area contributed by atoms with Gasteiger partial charge in [0.1, 0.15) is 11.3 Å². The van der Waals surface area contributed by atoms with E-state index in [0.29, 0.717) is 52.6 Å². The van der Waals surface area contributed by atoms with E-state index in [2.05, 4.69) is 15.3 Å². The Hall–Kier alpha value is -4.92. The Morgan fingerprint density at radius 3 is 2.36 bits per heavy atom. The lowest BCUT2D eigenvalue weighted by Gasteiger charge is -2.20. The third-order valence-electron chi connectivity index (χ3n) is 6.66. The first kappa shape index (κ1) is 30.0. The van der Waals surface area contributed by atoms with Gasteiger partial charge in [0.2, 0.25) is 5.89 Å². The Labute approximate surface area is 245 Å². The molecule has 0 aliphatic heterocycles. The van der Waals surface area contributed by atoms with E-state index in [1.165, 1.54) is 4.57 Å². The van der Waals surface area contributed by atoms with Crippen LogP contribution < -0.4 is 15.6 Å². The number of aryl methyl sites for hydroxylation is 1. The highest BCUT2D eigenvalue weighted by Gasteiger charge is 2.17. The number of benzene rings is 3. The molecule has 218 valence electrons. The van der Waals surface area contributed by atoms with Crippen LogP contribution in [-0.4, -0.2) is 45.5 Å². The molecule has 0 atom stereocenters. The monoisotopic (exact) mass is 567 g/mol. The molecule has 0 bridgehead atoms. The first-order chi connectivity index (χ1) is 20.4. The van der Waals surface area contributed by atoms with Gasteiger partial charge in [0.15, 0.2) is 11.4 Å². The molecule has 1 amide bonds. The summed E-state index contributed by atoms with van der Waals surface area (Å²) in [5.74, 6) is 1.37. The highest BCUT2D eigenvalue weighted by molar-refractivity contribution is 5.94. The molecule has 0 fully saturated rings. The molecule has 2 heterocycles. The van der Waals surface area contributed by atoms with Crippen molar-refractivity contribution in [2.75, 3.05) is 25.5 Å². The lowest BCUT2D eigenvalue weighted by atomic mass is 10.1. The molecule has 42 heavy (non-hydrogen) atoms. The molecule has 0 spiro atoms. The van der Waals surface area contributed by atoms with E-state index < -0.39 is 0 Å². The van der Waals surface area contributed by atoms with Gasteiger partial charge in [-0.2, -0.15) is 0 Å². The molecule has 9 nitrogen and oxygen atoms in total. The van der Waals surface area contributed by atoms with E-state index in [1.54, 1.807) is 44.6 Å². The number of ether oxygens (including phenoxy) is 1. The van der Waals surface area contributed by atoms with Gasteiger partial charge in [-0.15, -0.1) is 0 Å². The Balaban J connectivity index is 0.00000198. The van der Waals surface area contributed by atoms with Crippen LogP contribution in [0.5, 0.6) is 5.75 Å². The number of hydrogen-bond acceptors (Lipinski definition) is 7. The molecule has 0 aliphatic rings. The summed E-state index contributed by atoms with van der Waals surface area (Å²) in [4.78, 5) is 36.9. The summed E-state index contributed by atoms with van der Waals surface area (Å²) >= 11 is 0. The smallest absolute Gasteiger partial charge is 0.293 e. The molecule has 1 N–H and O–H groups in total. The normalized spacial score (nSPS) is 10.6. The van der Waals surface area contributed by atoms with Gasteiger partial charge in [0, 0.05) is 48.7 Å². The predicted molar refractivity (Wildman–Crippen MR) is 167 cm³/mol. The van der Waals surface area contributed by atoms with E-state index >= 15 is 0 Å². The Morgan fingerprint density at radius 2 is 1.71 bits per heavy atom. The fourth-order valence-electron chi connectivity index (χ4n) is 4.51. The van der Waals surface area contributed by atoms with Gasteiger partial charge in [-0.25, -0.2) is 9.97 Å². The minimum Gasteiger partial charge on any atom is -0.497 e. The maximum absolute atomic E-state index is 13.0. The van der Waals surface area contributed by atoms with Crippen molar-refractivity contribution in [3.8, 4) is 28.5 Å². The van der Waals surface area contributed by atoms with E-state index in [1.807, 2.05) is 75.1 Å². The van der Waals surface area contributed by atoms with Gasteiger partial charge >= 0.3 is 0 Å². The quantitative estimate of drug-likeness (QED) is 0.207. The summed E-state index contributed by atoms with van der Waals surface area (Å²) in [5.41, 5.74) is 4.29. The van der Waals surface area contributed by atoms with Crippen LogP contribution in [0.25, 0.3) is 33.8 Å². The van der Waals surface area contributed by atoms with Crippen molar-refractivity contribution in [2.45, 2.75) is 34.1 Å². The zero-order chi connectivity index (χ0) is 30.2. The Bertz CT molecular complexity index is 1710. The number of carbonyl (C=O) groups excluding carboxylic acids is 1. The highest BCUT2D eigenvalue weighted by Crippen LogP contribution is 2.32. The molecule has 0 saturated heterocycles. The van der Waals surface area contributed by atoms with Crippen molar-refractivity contribution >= 4 is 28.5 Å². The molecule has 0 saturated carbocycles. The Kier molecular flexibility index (Phi) is 9.75. The lowest BCUT2D eigenvalue weighted by Crippen LogP contribution is -2.31. The Morgan fingerprint density at radius 1 is 1.00 bits per heavy atom. The molecule has 5 rings (SSSR count). The van der Waals surface area contributed by atoms with E-state index in [-0.39, 0.29) is 17.3 Å². The van der Waals surface area contributed by atoms with Crippen molar-refractivity contribution in [3.63, 3.8) is 0 Å². The highest BCUT2D eigenvalue weighted by atomic mass is 16.5. The lowest BCUT2D eigenvalue weighted by molar-refractivity contribution is 0.0764. The van der Waals surface area contributed by atoms with Gasteiger partial charge in [-0.05, 0) is 74.0 Å². The van der Waals surface area contributed by atoms with Crippen LogP contribution in [0.3, 0.4) is 0 Å². The fourth-order valence-corrected chi connectivity index (χ4v) is 4.51. The molecule has 5 aromatic rings. The second kappa shape index (κ2) is 13.6. The third-order valence-corrected chi connectivity index (χ3v) is 6.66. The van der Waals surface area contributed by atoms with Crippen LogP contribution in [0.2, 0.25) is 0 Å². The average Bonchev–Trinajstić information content (AvgIpc) is 3.48. The third kappa shape index (κ3) is 6.35. The first-order valence-corrected chi connectivity index (χ1v) is 14.2. The van der Waals surface area contributed by atoms with Gasteiger partial charge in [0.25, 0.3) is 11.5 Å². The number of aromatic nitrogens is 3. The maximum atomic E-state index is 13.0. The summed E-state index contributed by atoms with van der Waals surface area (Å²) in [6, 6.07) is 20.2. The molecule has 0 unspecified atom stereocenters. The van der Waals surface area contributed by atoms with Crippen molar-refractivity contribution < 1.29 is 13.9 Å². The van der Waals surface area contributed by atoms with Crippen molar-refractivity contribution in [3.05, 3.63) is 88.8 Å². The number of anilines is 2. The molecule has 2 aromatic heterocycles. The number of oxazole rings is 1. The van der Waals surface area contributed by atoms with Gasteiger partial charge in [0.05, 0.1) is 12.8 Å². The van der Waals surface area contributed by atoms with Crippen LogP contribution in [0.15, 0.2) is 82.1 Å². The largest absolute Gasteiger partial charge is 0.497 e. The fraction of sp³-hybridized carbons (Fsp3) is 0.273. The number of para-hydroxylation sites is 1. The number of hydrogen-bond donors (Lipinski definition) is 1. The molecule has 3 aromatic carbocycles. The van der Waals surface area contributed by atoms with Crippen molar-refractivity contribution in [1.82, 2.24) is 19.4 Å². The SMILES string of the molecule is CC.CCCN(CC)C(=O)c1ccc(Nc2nc(-c3cccc4nc(-c5ccc(OC)cc5)oc34)cn(C)c2=O)cc1. The minimum atomic E-state index is -0.285. The molecular formula is C33H37N5O4. The number of carbonyl (C=O) groups is 1. The number of amides is 1. The van der Waals surface area contributed by atoms with E-state index in [9.17, 15) is 9.59 Å². The zero-order valence-corrected chi connectivity index (χ0v) is 25.0. The van der Waals surface area contributed by atoms with Crippen molar-refractivity contribution in [2.24, 2.45) is 7.05 Å². The van der Waals surface area contributed by atoms with Gasteiger partial charge < -0.3 is 23.9 Å². The second-order valence-corrected chi connectivity index (χ2v) is 9.38. The molecular weight excluding hydrogens is 530 g/mol. The van der Waals surface area contributed by atoms with Crippen molar-refractivity contribution in [1.29, 1.82) is 0 Å². The number of nitrogens with zero attached hydrogens (tertiary/aromatic N) is 4. The molecule has 0 radical (unpaired) electrons. The summed E-state index contributed by atoms with van der Waals surface area (Å²) in [7, 11) is 3.30. The van der Waals surface area contributed by atoms with E-state index in [0.717, 1.165) is 17.7 Å². The predicted octanol–water partition coefficient (Wildman–Crippen LogP) is 6.91. The maximum Gasteiger partial charge on any atom is 0.293 e. The summed E-state index contributed by atoms with van der Waals surface area (Å²) in [6.45, 7) is 9.38. The van der Waals surface area contributed by atoms with Crippen LogP contribution >= 0.6 is 0 Å². The van der Waals surface area contributed by atoms with Gasteiger partial charge in [-0.1, -0.05) is 26.8 Å². The number of fused-ring (bicyclic) bond motifs is 1.